The van der Waals surface area contributed by atoms with Gasteiger partial charge in [0.05, 0.1) is 0 Å². The van der Waals surface area contributed by atoms with Crippen molar-refractivity contribution in [2.75, 3.05) is 0 Å². The molecule has 98 valence electrons. The number of hydrogen-bond donors (Lipinski definition) is 1. The Bertz CT molecular complexity index is 710. The zero-order chi connectivity index (χ0) is 13.4. The summed E-state index contributed by atoms with van der Waals surface area (Å²) in [5.41, 5.74) is 8.78. The van der Waals surface area contributed by atoms with E-state index in [1.165, 1.54) is 15.6 Å². The predicted molar refractivity (Wildman–Crippen MR) is 80.6 cm³/mol. The fraction of sp³-hybridized carbons (Fsp3) is 0.250. The van der Waals surface area contributed by atoms with E-state index in [9.17, 15) is 0 Å². The Morgan fingerprint density at radius 3 is 2.79 bits per heavy atom. The van der Waals surface area contributed by atoms with Gasteiger partial charge in [0.15, 0.2) is 0 Å². The number of aryl methyl sites for hydroxylation is 2. The molecule has 0 aliphatic carbocycles. The minimum absolute atomic E-state index is 0.00421. The SMILES string of the molecule is Cc1cc(C(N)Cc2csc3ccccc23)c(C)o1. The van der Waals surface area contributed by atoms with Crippen LogP contribution in [0.2, 0.25) is 0 Å². The highest BCUT2D eigenvalue weighted by atomic mass is 32.1. The standard InChI is InChI=1S/C16H17NOS/c1-10-7-14(11(2)18-10)15(17)8-12-9-19-16-6-4-3-5-13(12)16/h3-7,9,15H,8,17H2,1-2H3. The van der Waals surface area contributed by atoms with Crippen LogP contribution in [0.25, 0.3) is 10.1 Å². The molecule has 0 saturated carbocycles. The Morgan fingerprint density at radius 1 is 1.26 bits per heavy atom. The third-order valence-corrected chi connectivity index (χ3v) is 4.49. The quantitative estimate of drug-likeness (QED) is 0.769. The van der Waals surface area contributed by atoms with Gasteiger partial charge in [-0.2, -0.15) is 0 Å². The monoisotopic (exact) mass is 271 g/mol. The molecule has 2 aromatic heterocycles. The van der Waals surface area contributed by atoms with Crippen LogP contribution in [0.5, 0.6) is 0 Å². The first kappa shape index (κ1) is 12.5. The lowest BCUT2D eigenvalue weighted by atomic mass is 9.99. The van der Waals surface area contributed by atoms with Crippen molar-refractivity contribution in [1.82, 2.24) is 0 Å². The third kappa shape index (κ3) is 2.31. The lowest BCUT2D eigenvalue weighted by molar-refractivity contribution is 0.497. The summed E-state index contributed by atoms with van der Waals surface area (Å²) in [5, 5.41) is 3.54. The van der Waals surface area contributed by atoms with Crippen molar-refractivity contribution in [2.24, 2.45) is 5.73 Å². The van der Waals surface area contributed by atoms with E-state index in [1.54, 1.807) is 11.3 Å². The van der Waals surface area contributed by atoms with E-state index in [0.717, 1.165) is 23.5 Å². The molecule has 0 fully saturated rings. The van der Waals surface area contributed by atoms with Crippen LogP contribution in [0.15, 0.2) is 40.1 Å². The molecule has 1 aromatic carbocycles. The van der Waals surface area contributed by atoms with Crippen molar-refractivity contribution in [2.45, 2.75) is 26.3 Å². The molecule has 0 aliphatic heterocycles. The molecule has 2 heterocycles. The maximum atomic E-state index is 6.34. The molecule has 2 nitrogen and oxygen atoms in total. The number of furan rings is 1. The van der Waals surface area contributed by atoms with Gasteiger partial charge in [-0.05, 0) is 48.7 Å². The van der Waals surface area contributed by atoms with Crippen LogP contribution in [-0.4, -0.2) is 0 Å². The largest absolute Gasteiger partial charge is 0.466 e. The molecule has 2 N–H and O–H groups in total. The van der Waals surface area contributed by atoms with Gasteiger partial charge in [-0.3, -0.25) is 0 Å². The van der Waals surface area contributed by atoms with Gasteiger partial charge in [-0.1, -0.05) is 18.2 Å². The zero-order valence-corrected chi connectivity index (χ0v) is 12.0. The van der Waals surface area contributed by atoms with E-state index in [1.807, 2.05) is 13.8 Å². The van der Waals surface area contributed by atoms with Gasteiger partial charge in [-0.25, -0.2) is 0 Å². The molecular formula is C16H17NOS. The van der Waals surface area contributed by atoms with Gasteiger partial charge in [0.1, 0.15) is 11.5 Å². The van der Waals surface area contributed by atoms with Gasteiger partial charge >= 0.3 is 0 Å². The third-order valence-electron chi connectivity index (χ3n) is 3.48. The molecule has 3 rings (SSSR count). The molecule has 0 saturated heterocycles. The minimum Gasteiger partial charge on any atom is -0.466 e. The Labute approximate surface area is 116 Å². The van der Waals surface area contributed by atoms with Crippen molar-refractivity contribution in [3.63, 3.8) is 0 Å². The molecule has 0 bridgehead atoms. The molecule has 0 radical (unpaired) electrons. The second-order valence-corrected chi connectivity index (χ2v) is 5.85. The lowest BCUT2D eigenvalue weighted by Gasteiger charge is -2.10. The number of thiophene rings is 1. The smallest absolute Gasteiger partial charge is 0.105 e. The summed E-state index contributed by atoms with van der Waals surface area (Å²) in [6, 6.07) is 10.5. The van der Waals surface area contributed by atoms with Crippen molar-refractivity contribution >= 4 is 21.4 Å². The van der Waals surface area contributed by atoms with Gasteiger partial charge in [0.25, 0.3) is 0 Å². The molecule has 0 amide bonds. The summed E-state index contributed by atoms with van der Waals surface area (Å²) in [4.78, 5) is 0. The average molecular weight is 271 g/mol. The summed E-state index contributed by atoms with van der Waals surface area (Å²) in [7, 11) is 0. The van der Waals surface area contributed by atoms with Crippen LogP contribution in [0.1, 0.15) is 28.7 Å². The van der Waals surface area contributed by atoms with E-state index >= 15 is 0 Å². The molecule has 1 unspecified atom stereocenters. The van der Waals surface area contributed by atoms with Crippen LogP contribution in [0, 0.1) is 13.8 Å². The number of rotatable bonds is 3. The average Bonchev–Trinajstić information content (AvgIpc) is 2.94. The second kappa shape index (κ2) is 4.83. The maximum Gasteiger partial charge on any atom is 0.105 e. The van der Waals surface area contributed by atoms with Crippen molar-refractivity contribution in [1.29, 1.82) is 0 Å². The Morgan fingerprint density at radius 2 is 2.05 bits per heavy atom. The van der Waals surface area contributed by atoms with Crippen LogP contribution in [0.3, 0.4) is 0 Å². The van der Waals surface area contributed by atoms with E-state index < -0.39 is 0 Å². The Balaban J connectivity index is 1.91. The van der Waals surface area contributed by atoms with Gasteiger partial charge in [0, 0.05) is 16.3 Å². The molecular weight excluding hydrogens is 254 g/mol. The fourth-order valence-corrected chi connectivity index (χ4v) is 3.53. The number of benzene rings is 1. The first-order valence-corrected chi connectivity index (χ1v) is 7.30. The molecule has 1 atom stereocenters. The van der Waals surface area contributed by atoms with E-state index in [4.69, 9.17) is 10.2 Å². The zero-order valence-electron chi connectivity index (χ0n) is 11.1. The number of nitrogens with two attached hydrogens (primary N) is 1. The highest BCUT2D eigenvalue weighted by molar-refractivity contribution is 7.17. The van der Waals surface area contributed by atoms with E-state index in [-0.39, 0.29) is 6.04 Å². The summed E-state index contributed by atoms with van der Waals surface area (Å²) in [5.74, 6) is 1.86. The van der Waals surface area contributed by atoms with Crippen LogP contribution < -0.4 is 5.73 Å². The number of fused-ring (bicyclic) bond motifs is 1. The maximum absolute atomic E-state index is 6.34. The summed E-state index contributed by atoms with van der Waals surface area (Å²) in [6.45, 7) is 3.94. The normalized spacial score (nSPS) is 13.0. The highest BCUT2D eigenvalue weighted by Crippen LogP contribution is 2.30. The summed E-state index contributed by atoms with van der Waals surface area (Å²) >= 11 is 1.78. The Hall–Kier alpha value is -1.58. The van der Waals surface area contributed by atoms with Gasteiger partial charge in [0.2, 0.25) is 0 Å². The minimum atomic E-state index is -0.00421. The van der Waals surface area contributed by atoms with Crippen molar-refractivity contribution in [3.05, 3.63) is 58.4 Å². The van der Waals surface area contributed by atoms with E-state index in [2.05, 4.69) is 35.7 Å². The lowest BCUT2D eigenvalue weighted by Crippen LogP contribution is -2.13. The molecule has 3 aromatic rings. The summed E-state index contributed by atoms with van der Waals surface area (Å²) < 4.78 is 6.89. The van der Waals surface area contributed by atoms with Crippen molar-refractivity contribution < 1.29 is 4.42 Å². The summed E-state index contributed by atoms with van der Waals surface area (Å²) in [6.07, 6.45) is 0.851. The van der Waals surface area contributed by atoms with Crippen LogP contribution >= 0.6 is 11.3 Å². The molecule has 0 aliphatic rings. The molecule has 3 heteroatoms. The molecule has 19 heavy (non-hydrogen) atoms. The first-order chi connectivity index (χ1) is 9.15. The van der Waals surface area contributed by atoms with Gasteiger partial charge in [-0.15, -0.1) is 11.3 Å². The van der Waals surface area contributed by atoms with Crippen LogP contribution in [-0.2, 0) is 6.42 Å². The van der Waals surface area contributed by atoms with Gasteiger partial charge < -0.3 is 10.2 Å². The first-order valence-electron chi connectivity index (χ1n) is 6.43. The topological polar surface area (TPSA) is 39.2 Å². The fourth-order valence-electron chi connectivity index (χ4n) is 2.56. The van der Waals surface area contributed by atoms with Crippen molar-refractivity contribution in [3.8, 4) is 0 Å². The molecule has 0 spiro atoms. The van der Waals surface area contributed by atoms with E-state index in [0.29, 0.717) is 0 Å². The number of hydrogen-bond acceptors (Lipinski definition) is 3. The highest BCUT2D eigenvalue weighted by Gasteiger charge is 2.15. The second-order valence-electron chi connectivity index (χ2n) is 4.94. The Kier molecular flexibility index (Phi) is 3.17. The van der Waals surface area contributed by atoms with Crippen LogP contribution in [0.4, 0.5) is 0 Å². The predicted octanol–water partition coefficient (Wildman–Crippen LogP) is 4.35.